The van der Waals surface area contributed by atoms with Crippen LogP contribution in [0.15, 0.2) is 66.7 Å². The first-order valence-electron chi connectivity index (χ1n) is 7.40. The number of benzene rings is 2. The summed E-state index contributed by atoms with van der Waals surface area (Å²) in [5, 5.41) is 0. The van der Waals surface area contributed by atoms with Crippen LogP contribution in [-0.4, -0.2) is 0 Å². The van der Waals surface area contributed by atoms with E-state index in [9.17, 15) is 0 Å². The predicted octanol–water partition coefficient (Wildman–Crippen LogP) is 5.16. The van der Waals surface area contributed by atoms with Gasteiger partial charge in [0.1, 0.15) is 11.5 Å². The van der Waals surface area contributed by atoms with E-state index >= 15 is 0 Å². The van der Waals surface area contributed by atoms with Crippen molar-refractivity contribution in [2.45, 2.75) is 18.8 Å². The van der Waals surface area contributed by atoms with Gasteiger partial charge in [0.2, 0.25) is 0 Å². The maximum Gasteiger partial charge on any atom is 0.127 e. The monoisotopic (exact) mass is 262 g/mol. The third kappa shape index (κ3) is 2.14. The Kier molecular flexibility index (Phi) is 2.84. The summed E-state index contributed by atoms with van der Waals surface area (Å²) in [5.41, 5.74) is 1.46. The van der Waals surface area contributed by atoms with Crippen LogP contribution >= 0.6 is 0 Å². The molecule has 1 heteroatoms. The lowest BCUT2D eigenvalue weighted by Crippen LogP contribution is -2.04. The molecule has 0 aliphatic heterocycles. The summed E-state index contributed by atoms with van der Waals surface area (Å²) in [6, 6.07) is 18.6. The normalized spacial score (nSPS) is 26.9. The van der Waals surface area contributed by atoms with Crippen molar-refractivity contribution in [3.05, 3.63) is 72.3 Å². The lowest BCUT2D eigenvalue weighted by Gasteiger charge is -2.18. The van der Waals surface area contributed by atoms with Gasteiger partial charge in [-0.1, -0.05) is 42.5 Å². The fourth-order valence-corrected chi connectivity index (χ4v) is 3.57. The standard InChI is InChI=1S/C19H18O/c1-2-4-17(5-3-1)20-18-10-8-15(9-11-18)19-13-14-6-7-16(19)12-14/h1-11,14,16,19H,12-13H2. The van der Waals surface area contributed by atoms with Crippen molar-refractivity contribution in [3.8, 4) is 11.5 Å². The van der Waals surface area contributed by atoms with Gasteiger partial charge in [0.05, 0.1) is 0 Å². The highest BCUT2D eigenvalue weighted by Crippen LogP contribution is 2.48. The van der Waals surface area contributed by atoms with Crippen LogP contribution in [-0.2, 0) is 0 Å². The highest BCUT2D eigenvalue weighted by atomic mass is 16.5. The molecular formula is C19H18O. The minimum absolute atomic E-state index is 0.718. The quantitative estimate of drug-likeness (QED) is 0.694. The zero-order valence-corrected chi connectivity index (χ0v) is 11.4. The molecule has 1 nitrogen and oxygen atoms in total. The second kappa shape index (κ2) is 4.82. The van der Waals surface area contributed by atoms with Crippen LogP contribution in [0.2, 0.25) is 0 Å². The van der Waals surface area contributed by atoms with Gasteiger partial charge in [-0.2, -0.15) is 0 Å². The van der Waals surface area contributed by atoms with Crippen LogP contribution in [0.1, 0.15) is 24.3 Å². The molecule has 4 rings (SSSR count). The Morgan fingerprint density at radius 3 is 2.15 bits per heavy atom. The second-order valence-electron chi connectivity index (χ2n) is 5.87. The summed E-state index contributed by atoms with van der Waals surface area (Å²) in [7, 11) is 0. The zero-order chi connectivity index (χ0) is 13.4. The zero-order valence-electron chi connectivity index (χ0n) is 11.4. The van der Waals surface area contributed by atoms with E-state index in [0.717, 1.165) is 29.3 Å². The molecule has 100 valence electrons. The number of rotatable bonds is 3. The number of hydrogen-bond acceptors (Lipinski definition) is 1. The lowest BCUT2D eigenvalue weighted by molar-refractivity contribution is 0.481. The van der Waals surface area contributed by atoms with Crippen molar-refractivity contribution in [2.75, 3.05) is 0 Å². The Bertz CT molecular complexity index is 612. The third-order valence-corrected chi connectivity index (χ3v) is 4.57. The summed E-state index contributed by atoms with van der Waals surface area (Å²) >= 11 is 0. The van der Waals surface area contributed by atoms with Crippen LogP contribution in [0, 0.1) is 11.8 Å². The molecule has 2 bridgehead atoms. The van der Waals surface area contributed by atoms with Gasteiger partial charge in [0.15, 0.2) is 0 Å². The number of hydrogen-bond donors (Lipinski definition) is 0. The van der Waals surface area contributed by atoms with E-state index < -0.39 is 0 Å². The second-order valence-corrected chi connectivity index (χ2v) is 5.87. The van der Waals surface area contributed by atoms with E-state index in [1.807, 2.05) is 30.3 Å². The van der Waals surface area contributed by atoms with E-state index in [0.29, 0.717) is 0 Å². The smallest absolute Gasteiger partial charge is 0.127 e. The fourth-order valence-electron chi connectivity index (χ4n) is 3.57. The molecular weight excluding hydrogens is 244 g/mol. The highest BCUT2D eigenvalue weighted by molar-refractivity contribution is 5.35. The summed E-state index contributed by atoms with van der Waals surface area (Å²) in [6.45, 7) is 0. The predicted molar refractivity (Wildman–Crippen MR) is 81.1 cm³/mol. The minimum atomic E-state index is 0.718. The molecule has 2 aromatic carbocycles. The molecule has 0 heterocycles. The van der Waals surface area contributed by atoms with Gasteiger partial charge >= 0.3 is 0 Å². The van der Waals surface area contributed by atoms with Crippen LogP contribution in [0.3, 0.4) is 0 Å². The topological polar surface area (TPSA) is 9.23 Å². The van der Waals surface area contributed by atoms with Gasteiger partial charge in [-0.3, -0.25) is 0 Å². The molecule has 2 aliphatic carbocycles. The van der Waals surface area contributed by atoms with Gasteiger partial charge in [0.25, 0.3) is 0 Å². The van der Waals surface area contributed by atoms with Gasteiger partial charge in [-0.15, -0.1) is 0 Å². The van der Waals surface area contributed by atoms with Crippen LogP contribution < -0.4 is 4.74 Å². The first kappa shape index (κ1) is 11.8. The highest BCUT2D eigenvalue weighted by Gasteiger charge is 2.36. The Hall–Kier alpha value is -2.02. The largest absolute Gasteiger partial charge is 0.457 e. The molecule has 0 spiro atoms. The summed E-state index contributed by atoms with van der Waals surface area (Å²) in [6.07, 6.45) is 7.48. The first-order valence-corrected chi connectivity index (χ1v) is 7.40. The van der Waals surface area contributed by atoms with E-state index in [1.54, 1.807) is 0 Å². The van der Waals surface area contributed by atoms with Gasteiger partial charge in [-0.25, -0.2) is 0 Å². The first-order chi connectivity index (χ1) is 9.88. The summed E-state index contributed by atoms with van der Waals surface area (Å²) in [5.74, 6) is 4.11. The number of fused-ring (bicyclic) bond motifs is 2. The van der Waals surface area contributed by atoms with Crippen LogP contribution in [0.25, 0.3) is 0 Å². The maximum absolute atomic E-state index is 5.84. The maximum atomic E-state index is 5.84. The van der Waals surface area contributed by atoms with E-state index in [2.05, 4.69) is 36.4 Å². The molecule has 2 aliphatic rings. The van der Waals surface area contributed by atoms with Crippen LogP contribution in [0.4, 0.5) is 0 Å². The summed E-state index contributed by atoms with van der Waals surface area (Å²) < 4.78 is 5.84. The molecule has 0 N–H and O–H groups in total. The third-order valence-electron chi connectivity index (χ3n) is 4.57. The molecule has 0 amide bonds. The molecule has 0 radical (unpaired) electrons. The minimum Gasteiger partial charge on any atom is -0.457 e. The van der Waals surface area contributed by atoms with Crippen molar-refractivity contribution in [1.82, 2.24) is 0 Å². The Balaban J connectivity index is 1.50. The van der Waals surface area contributed by atoms with Gasteiger partial charge in [-0.05, 0) is 60.4 Å². The Morgan fingerprint density at radius 1 is 0.750 bits per heavy atom. The van der Waals surface area contributed by atoms with Crippen molar-refractivity contribution >= 4 is 0 Å². The molecule has 1 saturated carbocycles. The van der Waals surface area contributed by atoms with Crippen molar-refractivity contribution in [2.24, 2.45) is 11.8 Å². The van der Waals surface area contributed by atoms with E-state index in [-0.39, 0.29) is 0 Å². The molecule has 3 atom stereocenters. The summed E-state index contributed by atoms with van der Waals surface area (Å²) in [4.78, 5) is 0. The average Bonchev–Trinajstić information content (AvgIpc) is 3.12. The lowest BCUT2D eigenvalue weighted by atomic mass is 9.87. The molecule has 0 aromatic heterocycles. The molecule has 0 saturated heterocycles. The van der Waals surface area contributed by atoms with Crippen molar-refractivity contribution in [3.63, 3.8) is 0 Å². The van der Waals surface area contributed by atoms with E-state index in [4.69, 9.17) is 4.74 Å². The van der Waals surface area contributed by atoms with E-state index in [1.165, 1.54) is 18.4 Å². The Morgan fingerprint density at radius 2 is 1.50 bits per heavy atom. The fraction of sp³-hybridized carbons (Fsp3) is 0.263. The molecule has 2 aromatic rings. The van der Waals surface area contributed by atoms with Crippen molar-refractivity contribution < 1.29 is 4.74 Å². The number of para-hydroxylation sites is 1. The van der Waals surface area contributed by atoms with Gasteiger partial charge < -0.3 is 4.74 Å². The average molecular weight is 262 g/mol. The molecule has 20 heavy (non-hydrogen) atoms. The van der Waals surface area contributed by atoms with Gasteiger partial charge in [0, 0.05) is 0 Å². The molecule has 1 fully saturated rings. The molecule has 3 unspecified atom stereocenters. The van der Waals surface area contributed by atoms with Crippen molar-refractivity contribution in [1.29, 1.82) is 0 Å². The number of allylic oxidation sites excluding steroid dienone is 2. The number of ether oxygens (including phenoxy) is 1. The SMILES string of the molecule is C1=CC2CC1CC2c1ccc(Oc2ccccc2)cc1. The van der Waals surface area contributed by atoms with Crippen LogP contribution in [0.5, 0.6) is 11.5 Å². The Labute approximate surface area is 119 Å².